The Morgan fingerprint density at radius 3 is 2.63 bits per heavy atom. The Labute approximate surface area is 188 Å². The molecule has 0 N–H and O–H groups in total. The summed E-state index contributed by atoms with van der Waals surface area (Å²) in [4.78, 5) is 27.7. The Kier molecular flexibility index (Phi) is 6.74. The lowest BCUT2D eigenvalue weighted by atomic mass is 9.98. The molecule has 0 radical (unpaired) electrons. The summed E-state index contributed by atoms with van der Waals surface area (Å²) in [6, 6.07) is 4.55. The number of rotatable bonds is 6. The van der Waals surface area contributed by atoms with E-state index >= 15 is 0 Å². The van der Waals surface area contributed by atoms with Crippen LogP contribution in [-0.4, -0.2) is 53.5 Å². The molecule has 0 spiro atoms. The van der Waals surface area contributed by atoms with Gasteiger partial charge in [0.05, 0.1) is 29.6 Å². The topological polar surface area (TPSA) is 84.9 Å². The van der Waals surface area contributed by atoms with E-state index < -0.39 is 12.2 Å². The summed E-state index contributed by atoms with van der Waals surface area (Å²) in [6.07, 6.45) is -0.771. The van der Waals surface area contributed by atoms with Gasteiger partial charge in [0.2, 0.25) is 11.4 Å². The molecule has 1 aromatic carbocycles. The molecule has 3 rings (SSSR count). The number of hydrogen-bond donors (Lipinski definition) is 0. The third-order valence-electron chi connectivity index (χ3n) is 4.25. The molecular formula is C19H22Cl2N4O4S. The van der Waals surface area contributed by atoms with Crippen LogP contribution in [0.3, 0.4) is 0 Å². The Morgan fingerprint density at radius 1 is 1.27 bits per heavy atom. The van der Waals surface area contributed by atoms with E-state index in [1.54, 1.807) is 25.2 Å². The zero-order chi connectivity index (χ0) is 22.1. The van der Waals surface area contributed by atoms with Gasteiger partial charge in [-0.2, -0.15) is 0 Å². The van der Waals surface area contributed by atoms with E-state index in [4.69, 9.17) is 32.7 Å². The zero-order valence-electron chi connectivity index (χ0n) is 17.0. The maximum Gasteiger partial charge on any atom is 0.329 e. The third kappa shape index (κ3) is 5.14. The van der Waals surface area contributed by atoms with Crippen LogP contribution in [0.4, 0.5) is 9.93 Å². The second-order valence-electron chi connectivity index (χ2n) is 7.79. The minimum atomic E-state index is -0.777. The number of amides is 2. The van der Waals surface area contributed by atoms with Crippen LogP contribution in [0.25, 0.3) is 0 Å². The molecule has 0 saturated carbocycles. The summed E-state index contributed by atoms with van der Waals surface area (Å²) in [5.41, 5.74) is -0.196. The number of benzene rings is 1. The SMILES string of the molecule is CN1CC(OC(=O)CCOc2ccc(Cl)c(Cl)c2)N(c2nnc(C(C)(C)C)s2)C1=O. The molecule has 1 aliphatic rings. The summed E-state index contributed by atoms with van der Waals surface area (Å²) in [5.74, 6) is 0.00638. The molecule has 162 valence electrons. The average molecular weight is 473 g/mol. The minimum Gasteiger partial charge on any atom is -0.493 e. The van der Waals surface area contributed by atoms with Gasteiger partial charge in [-0.1, -0.05) is 55.3 Å². The number of aromatic nitrogens is 2. The van der Waals surface area contributed by atoms with Crippen LogP contribution in [0.2, 0.25) is 10.0 Å². The lowest BCUT2D eigenvalue weighted by Gasteiger charge is -2.20. The Morgan fingerprint density at radius 2 is 2.00 bits per heavy atom. The highest BCUT2D eigenvalue weighted by molar-refractivity contribution is 7.15. The first-order valence-electron chi connectivity index (χ1n) is 9.22. The van der Waals surface area contributed by atoms with E-state index in [2.05, 4.69) is 10.2 Å². The van der Waals surface area contributed by atoms with Crippen molar-refractivity contribution in [1.82, 2.24) is 15.1 Å². The Balaban J connectivity index is 1.60. The lowest BCUT2D eigenvalue weighted by Crippen LogP contribution is -2.37. The van der Waals surface area contributed by atoms with Crippen molar-refractivity contribution in [2.24, 2.45) is 0 Å². The first-order chi connectivity index (χ1) is 14.1. The van der Waals surface area contributed by atoms with Crippen molar-refractivity contribution in [3.05, 3.63) is 33.3 Å². The normalized spacial score (nSPS) is 16.9. The summed E-state index contributed by atoms with van der Waals surface area (Å²) < 4.78 is 11.0. The number of carbonyl (C=O) groups is 2. The van der Waals surface area contributed by atoms with Crippen molar-refractivity contribution in [2.45, 2.75) is 38.8 Å². The predicted molar refractivity (Wildman–Crippen MR) is 116 cm³/mol. The summed E-state index contributed by atoms with van der Waals surface area (Å²) >= 11 is 13.1. The number of carbonyl (C=O) groups excluding carboxylic acids is 2. The molecule has 1 saturated heterocycles. The van der Waals surface area contributed by atoms with Crippen molar-refractivity contribution < 1.29 is 19.1 Å². The summed E-state index contributed by atoms with van der Waals surface area (Å²) in [6.45, 7) is 6.38. The number of anilines is 1. The number of hydrogen-bond acceptors (Lipinski definition) is 7. The molecule has 2 heterocycles. The summed E-state index contributed by atoms with van der Waals surface area (Å²) in [5, 5.41) is 10.3. The van der Waals surface area contributed by atoms with Crippen LogP contribution in [-0.2, 0) is 14.9 Å². The van der Waals surface area contributed by atoms with Gasteiger partial charge in [-0.25, -0.2) is 9.69 Å². The first kappa shape index (κ1) is 22.6. The van der Waals surface area contributed by atoms with Crippen molar-refractivity contribution >= 4 is 51.7 Å². The lowest BCUT2D eigenvalue weighted by molar-refractivity contribution is -0.148. The predicted octanol–water partition coefficient (Wildman–Crippen LogP) is 4.35. The van der Waals surface area contributed by atoms with Crippen LogP contribution in [0.1, 0.15) is 32.2 Å². The monoisotopic (exact) mass is 472 g/mol. The fourth-order valence-electron chi connectivity index (χ4n) is 2.64. The molecular weight excluding hydrogens is 451 g/mol. The maximum atomic E-state index is 12.6. The quantitative estimate of drug-likeness (QED) is 0.580. The number of halogens is 2. The van der Waals surface area contributed by atoms with Gasteiger partial charge in [0, 0.05) is 18.5 Å². The number of nitrogens with zero attached hydrogens (tertiary/aromatic N) is 4. The molecule has 1 atom stereocenters. The third-order valence-corrected chi connectivity index (χ3v) is 6.33. The van der Waals surface area contributed by atoms with E-state index in [-0.39, 0.29) is 31.0 Å². The minimum absolute atomic E-state index is 0.00580. The molecule has 1 fully saturated rings. The van der Waals surface area contributed by atoms with Gasteiger partial charge >= 0.3 is 12.0 Å². The molecule has 8 nitrogen and oxygen atoms in total. The second-order valence-corrected chi connectivity index (χ2v) is 9.56. The smallest absolute Gasteiger partial charge is 0.329 e. The van der Waals surface area contributed by atoms with Gasteiger partial charge in [0.25, 0.3) is 0 Å². The number of esters is 1. The van der Waals surface area contributed by atoms with E-state index in [1.807, 2.05) is 20.8 Å². The number of ether oxygens (including phenoxy) is 2. The Bertz CT molecular complexity index is 947. The van der Waals surface area contributed by atoms with Crippen molar-refractivity contribution in [3.8, 4) is 5.75 Å². The van der Waals surface area contributed by atoms with Crippen LogP contribution in [0.5, 0.6) is 5.75 Å². The molecule has 30 heavy (non-hydrogen) atoms. The van der Waals surface area contributed by atoms with Gasteiger partial charge < -0.3 is 14.4 Å². The number of likely N-dealkylation sites (N-methyl/N-ethyl adjacent to an activating group) is 1. The van der Waals surface area contributed by atoms with Gasteiger partial charge in [-0.05, 0) is 12.1 Å². The average Bonchev–Trinajstić information content (AvgIpc) is 3.23. The van der Waals surface area contributed by atoms with E-state index in [0.29, 0.717) is 20.9 Å². The van der Waals surface area contributed by atoms with Gasteiger partial charge in [-0.15, -0.1) is 10.2 Å². The highest BCUT2D eigenvalue weighted by atomic mass is 35.5. The van der Waals surface area contributed by atoms with Crippen LogP contribution < -0.4 is 9.64 Å². The zero-order valence-corrected chi connectivity index (χ0v) is 19.3. The van der Waals surface area contributed by atoms with E-state index in [9.17, 15) is 9.59 Å². The van der Waals surface area contributed by atoms with Gasteiger partial charge in [0.1, 0.15) is 10.8 Å². The molecule has 2 aromatic rings. The standard InChI is InChI=1S/C19H22Cl2N4O4S/c1-19(2,3)16-22-23-17(30-16)25-14(10-24(4)18(25)27)29-15(26)7-8-28-11-5-6-12(20)13(21)9-11/h5-6,9,14H,7-8,10H2,1-4H3. The van der Waals surface area contributed by atoms with Crippen LogP contribution >= 0.6 is 34.5 Å². The first-order valence-corrected chi connectivity index (χ1v) is 10.8. The highest BCUT2D eigenvalue weighted by Crippen LogP contribution is 2.33. The molecule has 1 aromatic heterocycles. The molecule has 0 bridgehead atoms. The molecule has 1 aliphatic heterocycles. The second kappa shape index (κ2) is 8.95. The number of urea groups is 1. The van der Waals surface area contributed by atoms with Crippen LogP contribution in [0.15, 0.2) is 18.2 Å². The molecule has 0 aliphatic carbocycles. The highest BCUT2D eigenvalue weighted by Gasteiger charge is 2.41. The molecule has 1 unspecified atom stereocenters. The largest absolute Gasteiger partial charge is 0.493 e. The van der Waals surface area contributed by atoms with Crippen LogP contribution in [0, 0.1) is 0 Å². The molecule has 2 amide bonds. The fourth-order valence-corrected chi connectivity index (χ4v) is 3.87. The summed E-state index contributed by atoms with van der Waals surface area (Å²) in [7, 11) is 1.64. The van der Waals surface area contributed by atoms with Crippen molar-refractivity contribution in [3.63, 3.8) is 0 Å². The Hall–Kier alpha value is -2.10. The molecule has 11 heteroatoms. The van der Waals surface area contributed by atoms with Crippen molar-refractivity contribution in [2.75, 3.05) is 25.1 Å². The van der Waals surface area contributed by atoms with E-state index in [0.717, 1.165) is 5.01 Å². The van der Waals surface area contributed by atoms with E-state index in [1.165, 1.54) is 21.1 Å². The van der Waals surface area contributed by atoms with Crippen molar-refractivity contribution in [1.29, 1.82) is 0 Å². The fraction of sp³-hybridized carbons (Fsp3) is 0.474. The maximum absolute atomic E-state index is 12.6. The van der Waals surface area contributed by atoms with Gasteiger partial charge in [0.15, 0.2) is 0 Å². The van der Waals surface area contributed by atoms with Gasteiger partial charge in [-0.3, -0.25) is 4.79 Å².